The van der Waals surface area contributed by atoms with Crippen LogP contribution in [0.1, 0.15) is 17.5 Å². The maximum Gasteiger partial charge on any atom is 0.407 e. The zero-order chi connectivity index (χ0) is 21.7. The molecule has 2 amide bonds. The van der Waals surface area contributed by atoms with Gasteiger partial charge in [0.05, 0.1) is 13.2 Å². The molecule has 1 aromatic heterocycles. The van der Waals surface area contributed by atoms with Crippen LogP contribution in [0.4, 0.5) is 4.79 Å². The number of hydrogen-bond donors (Lipinski definition) is 1. The maximum atomic E-state index is 12.8. The summed E-state index contributed by atoms with van der Waals surface area (Å²) >= 11 is 0. The Labute approximate surface area is 183 Å². The molecule has 0 aliphatic carbocycles. The fraction of sp³-hybridized carbons (Fsp3) is 0.435. The fourth-order valence-electron chi connectivity index (χ4n) is 3.34. The molecule has 8 nitrogen and oxygen atoms in total. The van der Waals surface area contributed by atoms with E-state index < -0.39 is 6.09 Å². The SMILES string of the molecule is O=C(NCC(=O)N(CCCN1CCOCC1)Cc1ccncc1)OCc1ccccc1. The van der Waals surface area contributed by atoms with Crippen molar-refractivity contribution in [2.45, 2.75) is 19.6 Å². The summed E-state index contributed by atoms with van der Waals surface area (Å²) in [5, 5.41) is 2.57. The Morgan fingerprint density at radius 3 is 2.55 bits per heavy atom. The van der Waals surface area contributed by atoms with E-state index in [4.69, 9.17) is 9.47 Å². The number of pyridine rings is 1. The first-order valence-electron chi connectivity index (χ1n) is 10.6. The second-order valence-electron chi connectivity index (χ2n) is 7.39. The van der Waals surface area contributed by atoms with Gasteiger partial charge in [0.15, 0.2) is 0 Å². The van der Waals surface area contributed by atoms with E-state index in [1.807, 2.05) is 42.5 Å². The van der Waals surface area contributed by atoms with Crippen molar-refractivity contribution in [3.8, 4) is 0 Å². The predicted octanol–water partition coefficient (Wildman–Crippen LogP) is 2.06. The van der Waals surface area contributed by atoms with Gasteiger partial charge in [-0.25, -0.2) is 4.79 Å². The molecular formula is C23H30N4O4. The zero-order valence-electron chi connectivity index (χ0n) is 17.7. The molecule has 0 saturated carbocycles. The lowest BCUT2D eigenvalue weighted by atomic mass is 10.2. The molecule has 0 unspecified atom stereocenters. The van der Waals surface area contributed by atoms with Crippen LogP contribution in [0.15, 0.2) is 54.9 Å². The van der Waals surface area contributed by atoms with Gasteiger partial charge in [0, 0.05) is 45.1 Å². The topological polar surface area (TPSA) is 84.0 Å². The van der Waals surface area contributed by atoms with Crippen molar-refractivity contribution in [3.05, 3.63) is 66.0 Å². The summed E-state index contributed by atoms with van der Waals surface area (Å²) in [6.45, 7) is 5.43. The summed E-state index contributed by atoms with van der Waals surface area (Å²) in [4.78, 5) is 33.0. The monoisotopic (exact) mass is 426 g/mol. The Bertz CT molecular complexity index is 798. The highest BCUT2D eigenvalue weighted by Crippen LogP contribution is 2.06. The summed E-state index contributed by atoms with van der Waals surface area (Å²) < 4.78 is 10.6. The first-order chi connectivity index (χ1) is 15.2. The van der Waals surface area contributed by atoms with E-state index in [1.165, 1.54) is 0 Å². The first kappa shape index (κ1) is 22.7. The molecule has 31 heavy (non-hydrogen) atoms. The van der Waals surface area contributed by atoms with Crippen LogP contribution in [0, 0.1) is 0 Å². The number of hydrogen-bond acceptors (Lipinski definition) is 6. The van der Waals surface area contributed by atoms with Crippen LogP contribution in [-0.4, -0.2) is 72.7 Å². The predicted molar refractivity (Wildman–Crippen MR) is 116 cm³/mol. The van der Waals surface area contributed by atoms with Gasteiger partial charge in [-0.1, -0.05) is 30.3 Å². The number of nitrogens with zero attached hydrogens (tertiary/aromatic N) is 3. The lowest BCUT2D eigenvalue weighted by Crippen LogP contribution is -2.42. The minimum absolute atomic E-state index is 0.101. The molecule has 1 aromatic carbocycles. The van der Waals surface area contributed by atoms with Crippen LogP contribution < -0.4 is 5.32 Å². The third kappa shape index (κ3) is 8.35. The van der Waals surface area contributed by atoms with Crippen molar-refractivity contribution >= 4 is 12.0 Å². The Hall–Kier alpha value is -2.97. The highest BCUT2D eigenvalue weighted by atomic mass is 16.5. The Kier molecular flexibility index (Phi) is 9.28. The molecule has 2 aromatic rings. The van der Waals surface area contributed by atoms with E-state index in [1.54, 1.807) is 17.3 Å². The van der Waals surface area contributed by atoms with Crippen LogP contribution in [0.2, 0.25) is 0 Å². The molecule has 0 radical (unpaired) electrons. The van der Waals surface area contributed by atoms with Crippen LogP contribution in [0.3, 0.4) is 0 Å². The van der Waals surface area contributed by atoms with Crippen LogP contribution in [-0.2, 0) is 27.4 Å². The second kappa shape index (κ2) is 12.7. The molecule has 0 spiro atoms. The van der Waals surface area contributed by atoms with Gasteiger partial charge in [-0.2, -0.15) is 0 Å². The largest absolute Gasteiger partial charge is 0.445 e. The molecule has 1 saturated heterocycles. The molecule has 0 bridgehead atoms. The minimum atomic E-state index is -0.602. The number of carbonyl (C=O) groups is 2. The van der Waals surface area contributed by atoms with Crippen LogP contribution in [0.25, 0.3) is 0 Å². The number of ether oxygens (including phenoxy) is 2. The number of nitrogens with one attached hydrogen (secondary N) is 1. The number of carbonyl (C=O) groups excluding carboxylic acids is 2. The van der Waals surface area contributed by atoms with E-state index in [2.05, 4.69) is 15.2 Å². The smallest absolute Gasteiger partial charge is 0.407 e. The van der Waals surface area contributed by atoms with Gasteiger partial charge in [0.25, 0.3) is 0 Å². The lowest BCUT2D eigenvalue weighted by Gasteiger charge is -2.28. The number of morpholine rings is 1. The summed E-state index contributed by atoms with van der Waals surface area (Å²) in [6, 6.07) is 13.2. The maximum absolute atomic E-state index is 12.8. The van der Waals surface area contributed by atoms with Gasteiger partial charge in [-0.15, -0.1) is 0 Å². The van der Waals surface area contributed by atoms with E-state index in [9.17, 15) is 9.59 Å². The van der Waals surface area contributed by atoms with Crippen molar-refractivity contribution in [3.63, 3.8) is 0 Å². The molecule has 166 valence electrons. The summed E-state index contributed by atoms with van der Waals surface area (Å²) in [5.41, 5.74) is 1.90. The van der Waals surface area contributed by atoms with Crippen LogP contribution in [0.5, 0.6) is 0 Å². The molecule has 8 heteroatoms. The zero-order valence-corrected chi connectivity index (χ0v) is 17.7. The van der Waals surface area contributed by atoms with Crippen molar-refractivity contribution in [2.24, 2.45) is 0 Å². The highest BCUT2D eigenvalue weighted by Gasteiger charge is 2.17. The van der Waals surface area contributed by atoms with Gasteiger partial charge < -0.3 is 19.7 Å². The van der Waals surface area contributed by atoms with Crippen molar-refractivity contribution < 1.29 is 19.1 Å². The molecule has 1 N–H and O–H groups in total. The summed E-state index contributed by atoms with van der Waals surface area (Å²) in [6.07, 6.45) is 3.68. The summed E-state index contributed by atoms with van der Waals surface area (Å²) in [7, 11) is 0. The summed E-state index contributed by atoms with van der Waals surface area (Å²) in [5.74, 6) is -0.143. The molecule has 2 heterocycles. The van der Waals surface area contributed by atoms with Crippen molar-refractivity contribution in [1.29, 1.82) is 0 Å². The van der Waals surface area contributed by atoms with Gasteiger partial charge in [0.2, 0.25) is 5.91 Å². The van der Waals surface area contributed by atoms with E-state index in [0.717, 1.165) is 50.4 Å². The molecule has 3 rings (SSSR count). The van der Waals surface area contributed by atoms with E-state index in [-0.39, 0.29) is 19.1 Å². The molecule has 0 atom stereocenters. The first-order valence-corrected chi connectivity index (χ1v) is 10.6. The van der Waals surface area contributed by atoms with E-state index >= 15 is 0 Å². The van der Waals surface area contributed by atoms with Gasteiger partial charge >= 0.3 is 6.09 Å². The standard InChI is InChI=1S/C23H30N4O4/c28-22(17-25-23(29)31-19-21-5-2-1-3-6-21)27(18-20-7-9-24-10-8-20)12-4-11-26-13-15-30-16-14-26/h1-3,5-10H,4,11-19H2,(H,25,29). The number of benzene rings is 1. The highest BCUT2D eigenvalue weighted by molar-refractivity contribution is 5.82. The molecular weight excluding hydrogens is 396 g/mol. The number of rotatable bonds is 10. The minimum Gasteiger partial charge on any atom is -0.445 e. The average Bonchev–Trinajstić information content (AvgIpc) is 2.82. The number of aromatic nitrogens is 1. The third-order valence-corrected chi connectivity index (χ3v) is 5.08. The van der Waals surface area contributed by atoms with Crippen LogP contribution >= 0.6 is 0 Å². The van der Waals surface area contributed by atoms with Crippen molar-refractivity contribution in [1.82, 2.24) is 20.1 Å². The van der Waals surface area contributed by atoms with Crippen molar-refractivity contribution in [2.75, 3.05) is 45.9 Å². The lowest BCUT2D eigenvalue weighted by molar-refractivity contribution is -0.131. The Balaban J connectivity index is 1.46. The second-order valence-corrected chi connectivity index (χ2v) is 7.39. The third-order valence-electron chi connectivity index (χ3n) is 5.08. The number of amides is 2. The quantitative estimate of drug-likeness (QED) is 0.626. The molecule has 1 fully saturated rings. The Morgan fingerprint density at radius 2 is 1.81 bits per heavy atom. The molecule has 1 aliphatic heterocycles. The van der Waals surface area contributed by atoms with Gasteiger partial charge in [-0.3, -0.25) is 14.7 Å². The normalized spacial score (nSPS) is 14.1. The van der Waals surface area contributed by atoms with Gasteiger partial charge in [0.1, 0.15) is 13.2 Å². The average molecular weight is 427 g/mol. The Morgan fingerprint density at radius 1 is 1.06 bits per heavy atom. The molecule has 1 aliphatic rings. The van der Waals surface area contributed by atoms with E-state index in [0.29, 0.717) is 13.1 Å². The number of alkyl carbamates (subject to hydrolysis) is 1. The fourth-order valence-corrected chi connectivity index (χ4v) is 3.34. The van der Waals surface area contributed by atoms with Gasteiger partial charge in [-0.05, 0) is 29.7 Å².